The molecular formula is C13H18N6OS. The number of aryl methyl sites for hydroxylation is 2. The molecule has 7 nitrogen and oxygen atoms in total. The zero-order chi connectivity index (χ0) is 15.2. The van der Waals surface area contributed by atoms with Gasteiger partial charge in [-0.25, -0.2) is 10.8 Å². The molecule has 2 aromatic rings. The maximum absolute atomic E-state index is 5.43. The highest BCUT2D eigenvalue weighted by molar-refractivity contribution is 7.99. The molecule has 0 fully saturated rings. The number of aromatic nitrogens is 4. The predicted octanol–water partition coefficient (Wildman–Crippen LogP) is 2.11. The van der Waals surface area contributed by atoms with E-state index in [1.807, 2.05) is 32.9 Å². The molecule has 0 radical (unpaired) electrons. The van der Waals surface area contributed by atoms with E-state index in [2.05, 4.69) is 25.4 Å². The van der Waals surface area contributed by atoms with E-state index in [1.165, 1.54) is 11.8 Å². The van der Waals surface area contributed by atoms with Gasteiger partial charge in [-0.3, -0.25) is 5.43 Å². The fourth-order valence-corrected chi connectivity index (χ4v) is 2.53. The first-order chi connectivity index (χ1) is 10.1. The summed E-state index contributed by atoms with van der Waals surface area (Å²) in [5, 5.41) is 1.31. The quantitative estimate of drug-likeness (QED) is 0.618. The Balaban J connectivity index is 2.25. The molecule has 2 aromatic heterocycles. The van der Waals surface area contributed by atoms with Crippen LogP contribution in [-0.2, 0) is 0 Å². The molecule has 0 aliphatic heterocycles. The summed E-state index contributed by atoms with van der Waals surface area (Å²) >= 11 is 1.34. The molecule has 0 saturated heterocycles. The summed E-state index contributed by atoms with van der Waals surface area (Å²) < 4.78 is 5.43. The molecule has 0 bridgehead atoms. The van der Waals surface area contributed by atoms with Crippen molar-refractivity contribution in [1.82, 2.24) is 19.9 Å². The molecule has 0 saturated carbocycles. The smallest absolute Gasteiger partial charge is 0.322 e. The maximum Gasteiger partial charge on any atom is 0.322 e. The molecule has 0 unspecified atom stereocenters. The summed E-state index contributed by atoms with van der Waals surface area (Å²) in [5.74, 6) is 5.64. The zero-order valence-electron chi connectivity index (χ0n) is 12.3. The van der Waals surface area contributed by atoms with Gasteiger partial charge in [-0.15, -0.1) is 0 Å². The molecule has 21 heavy (non-hydrogen) atoms. The number of hydrogen-bond acceptors (Lipinski definition) is 8. The zero-order valence-corrected chi connectivity index (χ0v) is 13.1. The first-order valence-corrected chi connectivity index (χ1v) is 7.41. The fraction of sp³-hybridized carbons (Fsp3) is 0.385. The number of nitrogen functional groups attached to an aromatic ring is 1. The second-order valence-corrected chi connectivity index (χ2v) is 5.43. The van der Waals surface area contributed by atoms with E-state index in [0.29, 0.717) is 11.8 Å². The van der Waals surface area contributed by atoms with Gasteiger partial charge in [-0.1, -0.05) is 6.92 Å². The molecule has 2 heterocycles. The van der Waals surface area contributed by atoms with Gasteiger partial charge in [0.05, 0.1) is 6.61 Å². The molecule has 0 amide bonds. The van der Waals surface area contributed by atoms with Crippen LogP contribution in [0.1, 0.15) is 24.6 Å². The number of nitrogens with zero attached hydrogens (tertiary/aromatic N) is 4. The number of hydrogen-bond donors (Lipinski definition) is 2. The summed E-state index contributed by atoms with van der Waals surface area (Å²) in [7, 11) is 0. The Morgan fingerprint density at radius 2 is 2.00 bits per heavy atom. The molecule has 2 rings (SSSR count). The van der Waals surface area contributed by atoms with Crippen LogP contribution in [0.15, 0.2) is 22.3 Å². The van der Waals surface area contributed by atoms with E-state index < -0.39 is 0 Å². The number of ether oxygens (including phenoxy) is 1. The van der Waals surface area contributed by atoms with Gasteiger partial charge in [0, 0.05) is 5.69 Å². The lowest BCUT2D eigenvalue weighted by atomic mass is 10.3. The van der Waals surface area contributed by atoms with Crippen molar-refractivity contribution in [3.63, 3.8) is 0 Å². The van der Waals surface area contributed by atoms with Crippen molar-refractivity contribution in [2.45, 2.75) is 37.4 Å². The summed E-state index contributed by atoms with van der Waals surface area (Å²) in [6.07, 6.45) is 0.873. The number of anilines is 1. The third-order valence-corrected chi connectivity index (χ3v) is 3.21. The topological polar surface area (TPSA) is 98.8 Å². The molecule has 0 atom stereocenters. The van der Waals surface area contributed by atoms with E-state index in [1.54, 1.807) is 0 Å². The third kappa shape index (κ3) is 4.54. The van der Waals surface area contributed by atoms with E-state index in [0.717, 1.165) is 22.7 Å². The molecule has 0 aromatic carbocycles. The van der Waals surface area contributed by atoms with Crippen LogP contribution in [0.2, 0.25) is 0 Å². The SMILES string of the molecule is CCCOc1nc(NN)nc(Sc2cc(C)cc(C)n2)n1. The van der Waals surface area contributed by atoms with Crippen LogP contribution in [-0.4, -0.2) is 26.5 Å². The standard InChI is InChI=1S/C13H18N6OS/c1-4-5-20-12-16-11(19-14)17-13(18-12)21-10-7-8(2)6-9(3)15-10/h6-7H,4-5,14H2,1-3H3,(H,16,17,18,19). The number of hydrazine groups is 1. The summed E-state index contributed by atoms with van der Waals surface area (Å²) in [5.41, 5.74) is 4.50. The summed E-state index contributed by atoms with van der Waals surface area (Å²) in [6.45, 7) is 6.53. The van der Waals surface area contributed by atoms with Gasteiger partial charge in [0.25, 0.3) is 0 Å². The Bertz CT molecular complexity index is 601. The summed E-state index contributed by atoms with van der Waals surface area (Å²) in [6, 6.07) is 4.25. The van der Waals surface area contributed by atoms with Crippen molar-refractivity contribution >= 4 is 17.7 Å². The lowest BCUT2D eigenvalue weighted by Gasteiger charge is -2.07. The van der Waals surface area contributed by atoms with Gasteiger partial charge in [0.15, 0.2) is 0 Å². The van der Waals surface area contributed by atoms with Crippen LogP contribution in [0.4, 0.5) is 5.95 Å². The third-order valence-electron chi connectivity index (χ3n) is 2.43. The van der Waals surface area contributed by atoms with Gasteiger partial charge in [0.2, 0.25) is 11.1 Å². The average molecular weight is 306 g/mol. The van der Waals surface area contributed by atoms with Crippen LogP contribution >= 0.6 is 11.8 Å². The van der Waals surface area contributed by atoms with Crippen molar-refractivity contribution in [2.75, 3.05) is 12.0 Å². The molecule has 112 valence electrons. The number of nitrogens with one attached hydrogen (secondary N) is 1. The second kappa shape index (κ2) is 7.19. The van der Waals surface area contributed by atoms with E-state index in [4.69, 9.17) is 10.6 Å². The van der Waals surface area contributed by atoms with Crippen molar-refractivity contribution in [3.05, 3.63) is 23.4 Å². The Labute approximate surface area is 127 Å². The maximum atomic E-state index is 5.43. The minimum Gasteiger partial charge on any atom is -0.463 e. The van der Waals surface area contributed by atoms with E-state index >= 15 is 0 Å². The highest BCUT2D eigenvalue weighted by Gasteiger charge is 2.10. The molecule has 3 N–H and O–H groups in total. The largest absolute Gasteiger partial charge is 0.463 e. The van der Waals surface area contributed by atoms with Crippen LogP contribution in [0.5, 0.6) is 6.01 Å². The fourth-order valence-electron chi connectivity index (χ4n) is 1.66. The van der Waals surface area contributed by atoms with Crippen molar-refractivity contribution in [2.24, 2.45) is 5.84 Å². The number of pyridine rings is 1. The molecule has 0 aliphatic carbocycles. The minimum atomic E-state index is 0.256. The molecule has 0 aliphatic rings. The van der Waals surface area contributed by atoms with Crippen LogP contribution in [0.25, 0.3) is 0 Å². The number of rotatable bonds is 6. The molecule has 8 heteroatoms. The van der Waals surface area contributed by atoms with Crippen molar-refractivity contribution in [1.29, 1.82) is 0 Å². The lowest BCUT2D eigenvalue weighted by Crippen LogP contribution is -2.13. The lowest BCUT2D eigenvalue weighted by molar-refractivity contribution is 0.288. The van der Waals surface area contributed by atoms with Crippen molar-refractivity contribution < 1.29 is 4.74 Å². The van der Waals surface area contributed by atoms with Gasteiger partial charge in [-0.05, 0) is 49.7 Å². The monoisotopic (exact) mass is 306 g/mol. The highest BCUT2D eigenvalue weighted by atomic mass is 32.2. The average Bonchev–Trinajstić information content (AvgIpc) is 2.43. The van der Waals surface area contributed by atoms with Gasteiger partial charge >= 0.3 is 6.01 Å². The first-order valence-electron chi connectivity index (χ1n) is 6.59. The minimum absolute atomic E-state index is 0.256. The first kappa shape index (κ1) is 15.5. The van der Waals surface area contributed by atoms with Crippen LogP contribution < -0.4 is 16.0 Å². The second-order valence-electron chi connectivity index (χ2n) is 4.44. The molecule has 0 spiro atoms. The Hall–Kier alpha value is -1.93. The highest BCUT2D eigenvalue weighted by Crippen LogP contribution is 2.25. The van der Waals surface area contributed by atoms with Crippen LogP contribution in [0.3, 0.4) is 0 Å². The normalized spacial score (nSPS) is 10.5. The number of nitrogens with two attached hydrogens (primary N) is 1. The molecular weight excluding hydrogens is 288 g/mol. The Kier molecular flexibility index (Phi) is 5.29. The van der Waals surface area contributed by atoms with E-state index in [9.17, 15) is 0 Å². The summed E-state index contributed by atoms with van der Waals surface area (Å²) in [4.78, 5) is 17.0. The Morgan fingerprint density at radius 1 is 1.19 bits per heavy atom. The van der Waals surface area contributed by atoms with Gasteiger partial charge in [0.1, 0.15) is 5.03 Å². The van der Waals surface area contributed by atoms with Gasteiger partial charge in [-0.2, -0.15) is 15.0 Å². The Morgan fingerprint density at radius 3 is 2.67 bits per heavy atom. The van der Waals surface area contributed by atoms with E-state index in [-0.39, 0.29) is 12.0 Å². The van der Waals surface area contributed by atoms with Crippen LogP contribution in [0, 0.1) is 13.8 Å². The predicted molar refractivity (Wildman–Crippen MR) is 81.3 cm³/mol. The van der Waals surface area contributed by atoms with Gasteiger partial charge < -0.3 is 4.74 Å². The van der Waals surface area contributed by atoms with Crippen molar-refractivity contribution in [3.8, 4) is 6.01 Å².